The molecule has 27 heavy (non-hydrogen) atoms. The first-order valence-corrected chi connectivity index (χ1v) is 11.2. The molecule has 0 atom stereocenters. The minimum atomic E-state index is 1.13. The van der Waals surface area contributed by atoms with E-state index in [1.54, 1.807) is 22.7 Å². The number of benzene rings is 2. The van der Waals surface area contributed by atoms with Gasteiger partial charge in [-0.3, -0.25) is 9.97 Å². The summed E-state index contributed by atoms with van der Waals surface area (Å²) in [5.74, 6) is 0. The Hall–Kier alpha value is -2.09. The number of nitrogens with zero attached hydrogens (tertiary/aromatic N) is 2. The van der Waals surface area contributed by atoms with Crippen molar-refractivity contribution in [1.29, 1.82) is 0 Å². The summed E-state index contributed by atoms with van der Waals surface area (Å²) in [7, 11) is 0. The average molecular weight is 496 g/mol. The number of pyridine rings is 2. The van der Waals surface area contributed by atoms with E-state index in [4.69, 9.17) is 0 Å². The number of hydrogen-bond donors (Lipinski definition) is 0. The molecule has 0 N–H and O–H groups in total. The first-order chi connectivity index (χ1) is 13.3. The molecule has 0 spiro atoms. The third-order valence-corrected chi connectivity index (χ3v) is 7.24. The van der Waals surface area contributed by atoms with Gasteiger partial charge in [0.2, 0.25) is 0 Å². The van der Waals surface area contributed by atoms with Gasteiger partial charge >= 0.3 is 0 Å². The van der Waals surface area contributed by atoms with Crippen molar-refractivity contribution in [1.82, 2.24) is 9.97 Å². The van der Waals surface area contributed by atoms with Crippen LogP contribution in [0.2, 0.25) is 0 Å². The van der Waals surface area contributed by atoms with E-state index in [2.05, 4.69) is 87.2 Å². The van der Waals surface area contributed by atoms with Crippen LogP contribution < -0.4 is 0 Å². The largest absolute Gasteiger partial charge is 0.255 e. The molecule has 130 valence electrons. The summed E-state index contributed by atoms with van der Waals surface area (Å²) in [5, 5.41) is 2.54. The summed E-state index contributed by atoms with van der Waals surface area (Å²) in [4.78, 5) is 8.80. The predicted octanol–water partition coefficient (Wildman–Crippen LogP) is 7.50. The highest BCUT2D eigenvalue weighted by Crippen LogP contribution is 2.33. The first-order valence-electron chi connectivity index (χ1n) is 8.45. The lowest BCUT2D eigenvalue weighted by atomic mass is 10.2. The van der Waals surface area contributed by atoms with Gasteiger partial charge < -0.3 is 0 Å². The van der Waals surface area contributed by atoms with Crippen LogP contribution in [0, 0.1) is 3.57 Å². The summed E-state index contributed by atoms with van der Waals surface area (Å²) in [6.45, 7) is 0. The summed E-state index contributed by atoms with van der Waals surface area (Å²) >= 11 is 5.94. The molecular weight excluding hydrogens is 483 g/mol. The molecule has 2 aromatic carbocycles. The number of hydrogen-bond acceptors (Lipinski definition) is 4. The summed E-state index contributed by atoms with van der Waals surface area (Å²) in [6, 6.07) is 23.1. The van der Waals surface area contributed by atoms with Gasteiger partial charge in [-0.05, 0) is 71.1 Å². The summed E-state index contributed by atoms with van der Waals surface area (Å²) < 4.78 is 6.43. The molecule has 0 aliphatic heterocycles. The maximum absolute atomic E-state index is 4.42. The normalized spacial score (nSPS) is 11.1. The lowest BCUT2D eigenvalue weighted by molar-refractivity contribution is 1.44. The van der Waals surface area contributed by atoms with Gasteiger partial charge in [0.1, 0.15) is 0 Å². The molecule has 0 amide bonds. The Labute approximate surface area is 177 Å². The van der Waals surface area contributed by atoms with Crippen LogP contribution in [0.3, 0.4) is 0 Å². The van der Waals surface area contributed by atoms with Gasteiger partial charge in [0, 0.05) is 36.1 Å². The highest BCUT2D eigenvalue weighted by molar-refractivity contribution is 14.1. The number of rotatable bonds is 0. The highest BCUT2D eigenvalue weighted by atomic mass is 127. The SMILES string of the molecule is Ic1ccc2sc3cccnc3c2c1.c1ccc2c(c1)sc1cccnc12. The van der Waals surface area contributed by atoms with Gasteiger partial charge in [-0.2, -0.15) is 0 Å². The van der Waals surface area contributed by atoms with Gasteiger partial charge in [-0.25, -0.2) is 0 Å². The number of thiophene rings is 2. The third-order valence-electron chi connectivity index (χ3n) is 4.32. The highest BCUT2D eigenvalue weighted by Gasteiger charge is 2.05. The zero-order valence-electron chi connectivity index (χ0n) is 14.1. The molecule has 0 saturated carbocycles. The zero-order chi connectivity index (χ0) is 18.2. The predicted molar refractivity (Wildman–Crippen MR) is 127 cm³/mol. The van der Waals surface area contributed by atoms with Crippen molar-refractivity contribution in [2.45, 2.75) is 0 Å². The van der Waals surface area contributed by atoms with Crippen LogP contribution in [0.25, 0.3) is 40.6 Å². The Bertz CT molecular complexity index is 1350. The standard InChI is InChI=1S/C11H6INS.C11H7NS/c12-7-3-4-9-8(6-7)11-10(14-9)2-1-5-13-11;1-2-5-9-8(4-1)11-10(13-9)6-3-7-12-11/h1-6H;1-7H. The fourth-order valence-corrected chi connectivity index (χ4v) is 5.71. The van der Waals surface area contributed by atoms with Crippen LogP contribution >= 0.6 is 45.3 Å². The monoisotopic (exact) mass is 496 g/mol. The van der Waals surface area contributed by atoms with E-state index >= 15 is 0 Å². The molecule has 0 aliphatic rings. The number of aromatic nitrogens is 2. The Morgan fingerprint density at radius 1 is 0.593 bits per heavy atom. The molecule has 6 rings (SSSR count). The molecule has 0 fully saturated rings. The maximum atomic E-state index is 4.42. The van der Waals surface area contributed by atoms with E-state index in [0.717, 1.165) is 11.0 Å². The quantitative estimate of drug-likeness (QED) is 0.204. The van der Waals surface area contributed by atoms with Gasteiger partial charge in [-0.1, -0.05) is 18.2 Å². The van der Waals surface area contributed by atoms with Crippen LogP contribution in [-0.4, -0.2) is 9.97 Å². The third kappa shape index (κ3) is 3.20. The Kier molecular flexibility index (Phi) is 4.51. The van der Waals surface area contributed by atoms with Crippen molar-refractivity contribution in [3.05, 3.63) is 82.7 Å². The second-order valence-corrected chi connectivity index (χ2v) is 9.45. The molecule has 4 aromatic heterocycles. The van der Waals surface area contributed by atoms with Gasteiger partial charge in [0.25, 0.3) is 0 Å². The molecule has 0 saturated heterocycles. The minimum absolute atomic E-state index is 1.13. The molecule has 5 heteroatoms. The van der Waals surface area contributed by atoms with Crippen molar-refractivity contribution in [2.24, 2.45) is 0 Å². The summed E-state index contributed by atoms with van der Waals surface area (Å²) in [5.41, 5.74) is 2.26. The maximum Gasteiger partial charge on any atom is 0.0888 e. The molecule has 0 radical (unpaired) electrons. The van der Waals surface area contributed by atoms with Crippen LogP contribution in [0.4, 0.5) is 0 Å². The smallest absolute Gasteiger partial charge is 0.0888 e. The van der Waals surface area contributed by atoms with Crippen molar-refractivity contribution < 1.29 is 0 Å². The second kappa shape index (κ2) is 7.14. The molecule has 6 aromatic rings. The van der Waals surface area contributed by atoms with Crippen LogP contribution in [0.5, 0.6) is 0 Å². The topological polar surface area (TPSA) is 25.8 Å². The van der Waals surface area contributed by atoms with Gasteiger partial charge in [0.05, 0.1) is 20.4 Å². The van der Waals surface area contributed by atoms with Gasteiger partial charge in [0.15, 0.2) is 0 Å². The van der Waals surface area contributed by atoms with Crippen molar-refractivity contribution in [3.63, 3.8) is 0 Å². The van der Waals surface area contributed by atoms with E-state index in [0.29, 0.717) is 0 Å². The molecule has 2 nitrogen and oxygen atoms in total. The van der Waals surface area contributed by atoms with E-state index in [1.807, 2.05) is 24.5 Å². The molecule has 4 heterocycles. The molecule has 0 aliphatic carbocycles. The fraction of sp³-hybridized carbons (Fsp3) is 0. The molecular formula is C22H13IN2S2. The Morgan fingerprint density at radius 2 is 1.19 bits per heavy atom. The average Bonchev–Trinajstić information content (AvgIpc) is 3.26. The van der Waals surface area contributed by atoms with Crippen LogP contribution in [0.15, 0.2) is 79.1 Å². The fourth-order valence-electron chi connectivity index (χ4n) is 3.11. The minimum Gasteiger partial charge on any atom is -0.255 e. The molecule has 0 bridgehead atoms. The lowest BCUT2D eigenvalue weighted by Crippen LogP contribution is -1.72. The summed E-state index contributed by atoms with van der Waals surface area (Å²) in [6.07, 6.45) is 3.70. The second-order valence-electron chi connectivity index (χ2n) is 6.04. The van der Waals surface area contributed by atoms with Crippen LogP contribution in [0.1, 0.15) is 0 Å². The Balaban J connectivity index is 0.000000119. The van der Waals surface area contributed by atoms with E-state index in [9.17, 15) is 0 Å². The zero-order valence-corrected chi connectivity index (χ0v) is 17.9. The van der Waals surface area contributed by atoms with Crippen LogP contribution in [-0.2, 0) is 0 Å². The van der Waals surface area contributed by atoms with E-state index in [-0.39, 0.29) is 0 Å². The van der Waals surface area contributed by atoms with Crippen molar-refractivity contribution in [2.75, 3.05) is 0 Å². The Morgan fingerprint density at radius 3 is 1.93 bits per heavy atom. The molecule has 0 unspecified atom stereocenters. The van der Waals surface area contributed by atoms with Crippen molar-refractivity contribution in [3.8, 4) is 0 Å². The number of fused-ring (bicyclic) bond motifs is 6. The van der Waals surface area contributed by atoms with E-state index in [1.165, 1.54) is 33.1 Å². The number of halogens is 1. The lowest BCUT2D eigenvalue weighted by Gasteiger charge is -1.91. The van der Waals surface area contributed by atoms with Gasteiger partial charge in [-0.15, -0.1) is 22.7 Å². The van der Waals surface area contributed by atoms with E-state index < -0.39 is 0 Å². The first kappa shape index (κ1) is 17.0. The van der Waals surface area contributed by atoms with Crippen molar-refractivity contribution >= 4 is 85.9 Å².